The first-order chi connectivity index (χ1) is 9.60. The molecule has 4 atom stereocenters. The molecule has 2 nitrogen and oxygen atoms in total. The van der Waals surface area contributed by atoms with Crippen LogP contribution >= 0.6 is 35.0 Å². The number of rotatable bonds is 2. The molecule has 2 aliphatic rings. The smallest absolute Gasteiger partial charge is 0.310 e. The Hall–Kier alpha value is -0.380. The Morgan fingerprint density at radius 2 is 2.10 bits per heavy atom. The summed E-state index contributed by atoms with van der Waals surface area (Å²) in [6.07, 6.45) is 3.31. The van der Waals surface area contributed by atoms with E-state index in [2.05, 4.69) is 0 Å². The van der Waals surface area contributed by atoms with Gasteiger partial charge in [0.1, 0.15) is 0 Å². The highest BCUT2D eigenvalue weighted by atomic mass is 35.5. The van der Waals surface area contributed by atoms with E-state index in [9.17, 15) is 4.79 Å². The zero-order chi connectivity index (χ0) is 14.3. The first kappa shape index (κ1) is 14.6. The molecule has 2 heterocycles. The molecular weight excluding hydrogens is 315 g/mol. The molecule has 108 valence electrons. The van der Waals surface area contributed by atoms with Gasteiger partial charge in [0.05, 0.1) is 23.1 Å². The Kier molecular flexibility index (Phi) is 4.21. The summed E-state index contributed by atoms with van der Waals surface area (Å²) in [5.74, 6) is 0.0240. The topological polar surface area (TPSA) is 26.3 Å². The third-order valence-electron chi connectivity index (χ3n) is 4.34. The van der Waals surface area contributed by atoms with Crippen LogP contribution in [0.25, 0.3) is 0 Å². The fourth-order valence-electron chi connectivity index (χ4n) is 3.40. The van der Waals surface area contributed by atoms with E-state index < -0.39 is 0 Å². The lowest BCUT2D eigenvalue weighted by Crippen LogP contribution is -2.35. The molecule has 20 heavy (non-hydrogen) atoms. The van der Waals surface area contributed by atoms with Gasteiger partial charge >= 0.3 is 5.97 Å². The van der Waals surface area contributed by atoms with E-state index in [1.54, 1.807) is 0 Å². The van der Waals surface area contributed by atoms with Crippen LogP contribution in [0.3, 0.4) is 0 Å². The van der Waals surface area contributed by atoms with Gasteiger partial charge in [0.2, 0.25) is 0 Å². The molecule has 1 unspecified atom stereocenters. The van der Waals surface area contributed by atoms with Crippen molar-refractivity contribution in [3.8, 4) is 0 Å². The zero-order valence-corrected chi connectivity index (χ0v) is 13.5. The highest BCUT2D eigenvalue weighted by Crippen LogP contribution is 2.53. The molecule has 5 heteroatoms. The number of hydrogen-bond acceptors (Lipinski definition) is 3. The Bertz CT molecular complexity index is 535. The first-order valence-corrected chi connectivity index (χ1v) is 8.48. The monoisotopic (exact) mass is 330 g/mol. The van der Waals surface area contributed by atoms with E-state index in [4.69, 9.17) is 27.9 Å². The van der Waals surface area contributed by atoms with Crippen molar-refractivity contribution in [2.75, 3.05) is 7.11 Å². The van der Waals surface area contributed by atoms with E-state index >= 15 is 0 Å². The standard InChI is InChI=1S/C15H16Cl2O2S/c1-19-15(18)14-10(7-9-3-5-13(14)20-9)8-2-4-11(16)12(17)6-8/h2,4,6,9-10,13-14H,3,5,7H2,1H3/t9?,10-,13-,14-/m0/s1. The zero-order valence-electron chi connectivity index (χ0n) is 11.1. The lowest BCUT2D eigenvalue weighted by molar-refractivity contribution is -0.146. The lowest BCUT2D eigenvalue weighted by Gasteiger charge is -2.34. The molecule has 2 aliphatic heterocycles. The number of benzene rings is 1. The Balaban J connectivity index is 1.96. The van der Waals surface area contributed by atoms with Crippen molar-refractivity contribution in [2.45, 2.75) is 35.7 Å². The van der Waals surface area contributed by atoms with Gasteiger partial charge in [-0.05, 0) is 42.9 Å². The molecule has 0 aromatic heterocycles. The third kappa shape index (κ3) is 2.56. The maximum atomic E-state index is 12.2. The van der Waals surface area contributed by atoms with Crippen molar-refractivity contribution < 1.29 is 9.53 Å². The van der Waals surface area contributed by atoms with E-state index in [-0.39, 0.29) is 17.8 Å². The minimum atomic E-state index is -0.0982. The second kappa shape index (κ2) is 5.78. The molecule has 0 saturated carbocycles. The predicted octanol–water partition coefficient (Wildman–Crippen LogP) is 4.53. The highest BCUT2D eigenvalue weighted by molar-refractivity contribution is 8.00. The van der Waals surface area contributed by atoms with Crippen molar-refractivity contribution >= 4 is 40.9 Å². The predicted molar refractivity (Wildman–Crippen MR) is 83.7 cm³/mol. The minimum absolute atomic E-state index is 0.0685. The van der Waals surface area contributed by atoms with Gasteiger partial charge in [-0.3, -0.25) is 4.79 Å². The van der Waals surface area contributed by atoms with Gasteiger partial charge in [-0.25, -0.2) is 0 Å². The molecule has 0 aliphatic carbocycles. The van der Waals surface area contributed by atoms with E-state index in [0.717, 1.165) is 18.4 Å². The van der Waals surface area contributed by atoms with Gasteiger partial charge < -0.3 is 4.74 Å². The number of thioether (sulfide) groups is 1. The third-order valence-corrected chi connectivity index (χ3v) is 6.77. The van der Waals surface area contributed by atoms with Gasteiger partial charge in [0, 0.05) is 10.5 Å². The molecule has 0 N–H and O–H groups in total. The van der Waals surface area contributed by atoms with Crippen LogP contribution in [0.2, 0.25) is 10.0 Å². The maximum absolute atomic E-state index is 12.2. The van der Waals surface area contributed by atoms with Crippen molar-refractivity contribution in [3.63, 3.8) is 0 Å². The molecule has 1 aromatic rings. The van der Waals surface area contributed by atoms with Crippen LogP contribution in [-0.2, 0) is 9.53 Å². The molecule has 2 bridgehead atoms. The van der Waals surface area contributed by atoms with E-state index in [1.165, 1.54) is 13.5 Å². The number of carbonyl (C=O) groups is 1. The number of halogens is 2. The number of fused-ring (bicyclic) bond motifs is 2. The van der Waals surface area contributed by atoms with Crippen LogP contribution in [0, 0.1) is 5.92 Å². The van der Waals surface area contributed by atoms with Gasteiger partial charge in [-0.15, -0.1) is 0 Å². The fourth-order valence-corrected chi connectivity index (χ4v) is 5.53. The first-order valence-electron chi connectivity index (χ1n) is 6.78. The molecule has 0 amide bonds. The second-order valence-electron chi connectivity index (χ2n) is 5.44. The van der Waals surface area contributed by atoms with E-state index in [1.807, 2.05) is 30.0 Å². The number of esters is 1. The molecule has 0 spiro atoms. The van der Waals surface area contributed by atoms with Crippen LogP contribution in [0.4, 0.5) is 0 Å². The van der Waals surface area contributed by atoms with Crippen molar-refractivity contribution in [1.29, 1.82) is 0 Å². The molecule has 1 aromatic carbocycles. The average Bonchev–Trinajstić information content (AvgIpc) is 2.82. The molecule has 3 rings (SSSR count). The Labute approximate surface area is 133 Å². The van der Waals surface area contributed by atoms with Gasteiger partial charge in [-0.1, -0.05) is 29.3 Å². The Morgan fingerprint density at radius 3 is 2.80 bits per heavy atom. The van der Waals surface area contributed by atoms with Gasteiger partial charge in [0.25, 0.3) is 0 Å². The molecule has 2 fully saturated rings. The summed E-state index contributed by atoms with van der Waals surface area (Å²) >= 11 is 14.1. The second-order valence-corrected chi connectivity index (χ2v) is 7.80. The summed E-state index contributed by atoms with van der Waals surface area (Å²) in [5, 5.41) is 2.14. The number of ether oxygens (including phenoxy) is 1. The average molecular weight is 331 g/mol. The highest BCUT2D eigenvalue weighted by Gasteiger charge is 2.47. The molecule has 2 saturated heterocycles. The fraction of sp³-hybridized carbons (Fsp3) is 0.533. The lowest BCUT2D eigenvalue weighted by atomic mass is 9.81. The van der Waals surface area contributed by atoms with Crippen LogP contribution < -0.4 is 0 Å². The summed E-state index contributed by atoms with van der Waals surface area (Å²) in [6.45, 7) is 0. The normalized spacial score (nSPS) is 32.1. The summed E-state index contributed by atoms with van der Waals surface area (Å²) in [5.41, 5.74) is 1.10. The number of methoxy groups -OCH3 is 1. The van der Waals surface area contributed by atoms with Crippen LogP contribution in [0.1, 0.15) is 30.7 Å². The van der Waals surface area contributed by atoms with Crippen LogP contribution in [0.5, 0.6) is 0 Å². The number of carbonyl (C=O) groups excluding carboxylic acids is 1. The summed E-state index contributed by atoms with van der Waals surface area (Å²) in [7, 11) is 1.47. The van der Waals surface area contributed by atoms with E-state index in [0.29, 0.717) is 20.5 Å². The van der Waals surface area contributed by atoms with Gasteiger partial charge in [-0.2, -0.15) is 11.8 Å². The minimum Gasteiger partial charge on any atom is -0.469 e. The number of hydrogen-bond donors (Lipinski definition) is 0. The quantitative estimate of drug-likeness (QED) is 0.745. The Morgan fingerprint density at radius 1 is 1.30 bits per heavy atom. The largest absolute Gasteiger partial charge is 0.469 e. The van der Waals surface area contributed by atoms with Crippen molar-refractivity contribution in [1.82, 2.24) is 0 Å². The molecule has 0 radical (unpaired) electrons. The van der Waals surface area contributed by atoms with Crippen LogP contribution in [0.15, 0.2) is 18.2 Å². The summed E-state index contributed by atoms with van der Waals surface area (Å²) < 4.78 is 5.03. The summed E-state index contributed by atoms with van der Waals surface area (Å²) in [6, 6.07) is 5.71. The molecular formula is C15H16Cl2O2S. The van der Waals surface area contributed by atoms with Crippen LogP contribution in [-0.4, -0.2) is 23.6 Å². The van der Waals surface area contributed by atoms with Gasteiger partial charge in [0.15, 0.2) is 0 Å². The van der Waals surface area contributed by atoms with Crippen molar-refractivity contribution in [3.05, 3.63) is 33.8 Å². The maximum Gasteiger partial charge on any atom is 0.310 e. The SMILES string of the molecule is COC(=O)[C@@H]1[C@@H]2CCC(C[C@H]1c1ccc(Cl)c(Cl)c1)S2. The summed E-state index contributed by atoms with van der Waals surface area (Å²) in [4.78, 5) is 12.2. The van der Waals surface area contributed by atoms with Crippen molar-refractivity contribution in [2.24, 2.45) is 5.92 Å².